The minimum absolute atomic E-state index is 0.124. The van der Waals surface area contributed by atoms with Crippen molar-refractivity contribution in [2.45, 2.75) is 32.3 Å². The van der Waals surface area contributed by atoms with Gasteiger partial charge in [-0.1, -0.05) is 6.92 Å². The maximum atomic E-state index is 11.3. The number of hydrogen-bond acceptors (Lipinski definition) is 4. The third-order valence-electron chi connectivity index (χ3n) is 2.68. The summed E-state index contributed by atoms with van der Waals surface area (Å²) in [5.74, 6) is 0.128. The van der Waals surface area contributed by atoms with Crippen molar-refractivity contribution in [3.05, 3.63) is 0 Å². The van der Waals surface area contributed by atoms with E-state index in [1.807, 2.05) is 6.92 Å². The highest BCUT2D eigenvalue weighted by molar-refractivity contribution is 7.89. The zero-order valence-electron chi connectivity index (χ0n) is 9.85. The van der Waals surface area contributed by atoms with E-state index in [1.165, 1.54) is 12.8 Å². The van der Waals surface area contributed by atoms with Crippen molar-refractivity contribution in [1.82, 2.24) is 9.62 Å². The van der Waals surface area contributed by atoms with Crippen LogP contribution >= 0.6 is 0 Å². The summed E-state index contributed by atoms with van der Waals surface area (Å²) in [4.78, 5) is 2.17. The van der Waals surface area contributed by atoms with Crippen molar-refractivity contribution >= 4 is 10.0 Å². The Labute approximate surface area is 97.9 Å². The standard InChI is InChI=1S/C10H22N2O3S/c1-2-7-16(14,15)11-8-10(13)9-12-5-3-4-6-12/h10-11,13H,2-9H2,1H3/t10-/m0/s1. The summed E-state index contributed by atoms with van der Waals surface area (Å²) < 4.78 is 25.1. The number of aliphatic hydroxyl groups is 1. The van der Waals surface area contributed by atoms with E-state index in [1.54, 1.807) is 0 Å². The smallest absolute Gasteiger partial charge is 0.211 e. The first kappa shape index (κ1) is 13.9. The van der Waals surface area contributed by atoms with Gasteiger partial charge >= 0.3 is 0 Å². The number of nitrogens with one attached hydrogen (secondary N) is 1. The normalized spacial score (nSPS) is 20.1. The van der Waals surface area contributed by atoms with Gasteiger partial charge in [0.15, 0.2) is 0 Å². The second-order valence-corrected chi connectivity index (χ2v) is 6.26. The molecule has 1 heterocycles. The van der Waals surface area contributed by atoms with Crippen molar-refractivity contribution in [2.24, 2.45) is 0 Å². The second kappa shape index (κ2) is 6.54. The first-order chi connectivity index (χ1) is 7.53. The molecule has 0 aromatic rings. The summed E-state index contributed by atoms with van der Waals surface area (Å²) in [5, 5.41) is 9.67. The Bertz CT molecular complexity index is 286. The van der Waals surface area contributed by atoms with Gasteiger partial charge in [0.1, 0.15) is 0 Å². The molecule has 1 aliphatic rings. The zero-order valence-corrected chi connectivity index (χ0v) is 10.7. The van der Waals surface area contributed by atoms with Crippen LogP contribution in [0.1, 0.15) is 26.2 Å². The third kappa shape index (κ3) is 5.25. The summed E-state index contributed by atoms with van der Waals surface area (Å²) in [7, 11) is -3.19. The van der Waals surface area contributed by atoms with E-state index in [0.29, 0.717) is 13.0 Å². The van der Waals surface area contributed by atoms with E-state index >= 15 is 0 Å². The SMILES string of the molecule is CCCS(=O)(=O)NC[C@H](O)CN1CCCC1. The first-order valence-electron chi connectivity index (χ1n) is 5.91. The van der Waals surface area contributed by atoms with Gasteiger partial charge in [-0.15, -0.1) is 0 Å². The average Bonchev–Trinajstić information content (AvgIpc) is 2.68. The lowest BCUT2D eigenvalue weighted by Crippen LogP contribution is -2.39. The predicted molar refractivity (Wildman–Crippen MR) is 63.8 cm³/mol. The van der Waals surface area contributed by atoms with Gasteiger partial charge in [-0.3, -0.25) is 0 Å². The molecule has 0 aliphatic carbocycles. The summed E-state index contributed by atoms with van der Waals surface area (Å²) in [5.41, 5.74) is 0. The molecule has 0 aromatic carbocycles. The molecular weight excluding hydrogens is 228 g/mol. The highest BCUT2D eigenvalue weighted by Gasteiger charge is 2.17. The molecule has 6 heteroatoms. The lowest BCUT2D eigenvalue weighted by Gasteiger charge is -2.19. The van der Waals surface area contributed by atoms with Gasteiger partial charge in [-0.2, -0.15) is 0 Å². The van der Waals surface area contributed by atoms with Crippen molar-refractivity contribution in [3.8, 4) is 0 Å². The van der Waals surface area contributed by atoms with Gasteiger partial charge in [0.05, 0.1) is 11.9 Å². The number of hydrogen-bond donors (Lipinski definition) is 2. The monoisotopic (exact) mass is 250 g/mol. The molecule has 1 aliphatic heterocycles. The molecule has 1 saturated heterocycles. The Morgan fingerprint density at radius 3 is 2.56 bits per heavy atom. The molecular formula is C10H22N2O3S. The fraction of sp³-hybridized carbons (Fsp3) is 1.00. The molecule has 0 spiro atoms. The Morgan fingerprint density at radius 1 is 1.38 bits per heavy atom. The van der Waals surface area contributed by atoms with Crippen LogP contribution in [0.15, 0.2) is 0 Å². The molecule has 1 fully saturated rings. The molecule has 0 unspecified atom stereocenters. The highest BCUT2D eigenvalue weighted by Crippen LogP contribution is 2.07. The molecule has 0 saturated carbocycles. The summed E-state index contributed by atoms with van der Waals surface area (Å²) in [6.07, 6.45) is 2.34. The van der Waals surface area contributed by atoms with Gasteiger partial charge in [-0.05, 0) is 32.4 Å². The maximum Gasteiger partial charge on any atom is 0.211 e. The molecule has 1 rings (SSSR count). The summed E-state index contributed by atoms with van der Waals surface area (Å²) >= 11 is 0. The summed E-state index contributed by atoms with van der Waals surface area (Å²) in [6.45, 7) is 4.53. The van der Waals surface area contributed by atoms with Crippen LogP contribution in [-0.2, 0) is 10.0 Å². The molecule has 2 N–H and O–H groups in total. The molecule has 0 aromatic heterocycles. The summed E-state index contributed by atoms with van der Waals surface area (Å²) in [6, 6.07) is 0. The van der Waals surface area contributed by atoms with E-state index in [0.717, 1.165) is 13.1 Å². The van der Waals surface area contributed by atoms with Crippen LogP contribution in [0.25, 0.3) is 0 Å². The molecule has 5 nitrogen and oxygen atoms in total. The molecule has 0 amide bonds. The van der Waals surface area contributed by atoms with E-state index in [-0.39, 0.29) is 12.3 Å². The number of nitrogens with zero attached hydrogens (tertiary/aromatic N) is 1. The molecule has 0 radical (unpaired) electrons. The van der Waals surface area contributed by atoms with Gasteiger partial charge in [0, 0.05) is 13.1 Å². The van der Waals surface area contributed by atoms with Crippen molar-refractivity contribution in [2.75, 3.05) is 31.9 Å². The first-order valence-corrected chi connectivity index (χ1v) is 7.56. The van der Waals surface area contributed by atoms with Crippen LogP contribution in [0.5, 0.6) is 0 Å². The minimum atomic E-state index is -3.19. The Morgan fingerprint density at radius 2 is 2.00 bits per heavy atom. The minimum Gasteiger partial charge on any atom is -0.390 e. The van der Waals surface area contributed by atoms with Crippen molar-refractivity contribution in [3.63, 3.8) is 0 Å². The fourth-order valence-electron chi connectivity index (χ4n) is 1.89. The molecule has 0 bridgehead atoms. The second-order valence-electron chi connectivity index (χ2n) is 4.33. The molecule has 16 heavy (non-hydrogen) atoms. The Kier molecular flexibility index (Phi) is 5.68. The number of β-amino-alcohol motifs (C(OH)–C–C–N with tert-alkyl or cyclic N) is 1. The van der Waals surface area contributed by atoms with Gasteiger partial charge < -0.3 is 10.0 Å². The van der Waals surface area contributed by atoms with E-state index in [4.69, 9.17) is 0 Å². The van der Waals surface area contributed by atoms with E-state index in [2.05, 4.69) is 9.62 Å². The predicted octanol–water partition coefficient (Wildman–Crippen LogP) is -0.227. The van der Waals surface area contributed by atoms with E-state index in [9.17, 15) is 13.5 Å². The van der Waals surface area contributed by atoms with Crippen LogP contribution in [-0.4, -0.2) is 56.5 Å². The average molecular weight is 250 g/mol. The maximum absolute atomic E-state index is 11.3. The number of sulfonamides is 1. The number of aliphatic hydroxyl groups excluding tert-OH is 1. The quantitative estimate of drug-likeness (QED) is 0.655. The third-order valence-corrected chi connectivity index (χ3v) is 4.23. The lowest BCUT2D eigenvalue weighted by molar-refractivity contribution is 0.128. The zero-order chi connectivity index (χ0) is 12.0. The van der Waals surface area contributed by atoms with E-state index < -0.39 is 16.1 Å². The van der Waals surface area contributed by atoms with Gasteiger partial charge in [-0.25, -0.2) is 13.1 Å². The van der Waals surface area contributed by atoms with Crippen LogP contribution in [0.3, 0.4) is 0 Å². The topological polar surface area (TPSA) is 69.6 Å². The largest absolute Gasteiger partial charge is 0.390 e. The number of rotatable bonds is 7. The van der Waals surface area contributed by atoms with Crippen molar-refractivity contribution in [1.29, 1.82) is 0 Å². The molecule has 1 atom stereocenters. The van der Waals surface area contributed by atoms with Crippen LogP contribution in [0.4, 0.5) is 0 Å². The Hall–Kier alpha value is -0.170. The van der Waals surface area contributed by atoms with Crippen LogP contribution in [0, 0.1) is 0 Å². The van der Waals surface area contributed by atoms with Gasteiger partial charge in [0.2, 0.25) is 10.0 Å². The van der Waals surface area contributed by atoms with Crippen molar-refractivity contribution < 1.29 is 13.5 Å². The number of likely N-dealkylation sites (tertiary alicyclic amines) is 1. The van der Waals surface area contributed by atoms with Crippen LogP contribution < -0.4 is 4.72 Å². The lowest BCUT2D eigenvalue weighted by atomic mass is 10.3. The Balaban J connectivity index is 2.21. The molecule has 96 valence electrons. The van der Waals surface area contributed by atoms with Gasteiger partial charge in [0.25, 0.3) is 0 Å². The van der Waals surface area contributed by atoms with Crippen LogP contribution in [0.2, 0.25) is 0 Å². The highest BCUT2D eigenvalue weighted by atomic mass is 32.2. The fourth-order valence-corrected chi connectivity index (χ4v) is 3.02.